The van der Waals surface area contributed by atoms with Crippen LogP contribution in [0.25, 0.3) is 0 Å². The molecule has 0 aliphatic rings. The van der Waals surface area contributed by atoms with E-state index >= 15 is 0 Å². The summed E-state index contributed by atoms with van der Waals surface area (Å²) < 4.78 is 1.04. The maximum atomic E-state index is 12.9. The van der Waals surface area contributed by atoms with Gasteiger partial charge >= 0.3 is 0 Å². The van der Waals surface area contributed by atoms with Gasteiger partial charge in [0.05, 0.1) is 5.75 Å². The van der Waals surface area contributed by atoms with Gasteiger partial charge in [0.1, 0.15) is 6.04 Å². The third kappa shape index (κ3) is 7.32. The summed E-state index contributed by atoms with van der Waals surface area (Å²) in [4.78, 5) is 27.1. The van der Waals surface area contributed by atoms with E-state index in [0.29, 0.717) is 12.3 Å². The van der Waals surface area contributed by atoms with Crippen LogP contribution in [-0.2, 0) is 21.9 Å². The number of carbonyl (C=O) groups excluding carboxylic acids is 2. The summed E-state index contributed by atoms with van der Waals surface area (Å²) in [5.41, 5.74) is 2.18. The molecule has 0 aliphatic heterocycles. The van der Waals surface area contributed by atoms with Crippen molar-refractivity contribution in [3.63, 3.8) is 0 Å². The van der Waals surface area contributed by atoms with E-state index in [9.17, 15) is 9.59 Å². The second-order valence-electron chi connectivity index (χ2n) is 6.97. The van der Waals surface area contributed by atoms with Crippen LogP contribution in [0.4, 0.5) is 0 Å². The third-order valence-corrected chi connectivity index (χ3v) is 5.72. The molecule has 1 N–H and O–H groups in total. The van der Waals surface area contributed by atoms with E-state index in [0.717, 1.165) is 15.8 Å². The van der Waals surface area contributed by atoms with E-state index in [1.807, 2.05) is 68.4 Å². The zero-order valence-corrected chi connectivity index (χ0v) is 18.9. The predicted molar refractivity (Wildman–Crippen MR) is 120 cm³/mol. The molecule has 0 aliphatic carbocycles. The quantitative estimate of drug-likeness (QED) is 0.590. The molecule has 2 rings (SSSR count). The minimum Gasteiger partial charge on any atom is -0.352 e. The average Bonchev–Trinajstić information content (AvgIpc) is 2.67. The van der Waals surface area contributed by atoms with E-state index in [-0.39, 0.29) is 17.9 Å². The Morgan fingerprint density at radius 3 is 2.25 bits per heavy atom. The van der Waals surface area contributed by atoms with Gasteiger partial charge in [0.2, 0.25) is 11.8 Å². The maximum absolute atomic E-state index is 12.9. The van der Waals surface area contributed by atoms with Gasteiger partial charge in [-0.1, -0.05) is 58.4 Å². The lowest BCUT2D eigenvalue weighted by molar-refractivity contribution is -0.138. The van der Waals surface area contributed by atoms with E-state index in [1.165, 1.54) is 5.56 Å². The van der Waals surface area contributed by atoms with Crippen LogP contribution >= 0.6 is 27.7 Å². The number of hydrogen-bond acceptors (Lipinski definition) is 3. The van der Waals surface area contributed by atoms with Gasteiger partial charge in [0.25, 0.3) is 0 Å². The van der Waals surface area contributed by atoms with Gasteiger partial charge in [-0.3, -0.25) is 9.59 Å². The molecular weight excluding hydrogens is 436 g/mol. The van der Waals surface area contributed by atoms with Crippen molar-refractivity contribution < 1.29 is 9.59 Å². The van der Waals surface area contributed by atoms with Crippen molar-refractivity contribution in [2.24, 2.45) is 0 Å². The number of carbonyl (C=O) groups is 2. The molecule has 150 valence electrons. The number of thioether (sulfide) groups is 1. The van der Waals surface area contributed by atoms with Gasteiger partial charge in [0.15, 0.2) is 0 Å². The molecular formula is C22H27BrN2O2S. The van der Waals surface area contributed by atoms with Crippen molar-refractivity contribution in [3.8, 4) is 0 Å². The van der Waals surface area contributed by atoms with Crippen LogP contribution in [0.3, 0.4) is 0 Å². The number of benzene rings is 2. The van der Waals surface area contributed by atoms with Crippen LogP contribution in [0.15, 0.2) is 59.1 Å². The number of nitrogens with zero attached hydrogens (tertiary/aromatic N) is 1. The Hall–Kier alpha value is -1.79. The lowest BCUT2D eigenvalue weighted by Gasteiger charge is -2.29. The van der Waals surface area contributed by atoms with E-state index in [4.69, 9.17) is 0 Å². The standard InChI is InChI=1S/C22H27BrN2O2S/c1-16(2)24-22(27)17(3)25(13-18-7-5-4-6-8-18)21(26)15-28-14-19-9-11-20(23)12-10-19/h4-12,16-17H,13-15H2,1-3H3,(H,24,27)/t17-/m1/s1. The first kappa shape index (κ1) is 22.5. The second-order valence-corrected chi connectivity index (χ2v) is 8.87. The predicted octanol–water partition coefficient (Wildman–Crippen LogP) is 4.62. The fourth-order valence-corrected chi connectivity index (χ4v) is 3.82. The Balaban J connectivity index is 2.02. The Bertz CT molecular complexity index is 766. The van der Waals surface area contributed by atoms with E-state index in [2.05, 4.69) is 21.2 Å². The molecule has 0 spiro atoms. The second kappa shape index (κ2) is 11.3. The zero-order chi connectivity index (χ0) is 20.5. The lowest BCUT2D eigenvalue weighted by Crippen LogP contribution is -2.49. The highest BCUT2D eigenvalue weighted by molar-refractivity contribution is 9.10. The van der Waals surface area contributed by atoms with Gasteiger partial charge in [-0.05, 0) is 44.0 Å². The summed E-state index contributed by atoms with van der Waals surface area (Å²) in [6.07, 6.45) is 0. The van der Waals surface area contributed by atoms with Crippen molar-refractivity contribution in [3.05, 3.63) is 70.2 Å². The first-order valence-corrected chi connectivity index (χ1v) is 11.3. The molecule has 0 radical (unpaired) electrons. The van der Waals surface area contributed by atoms with E-state index in [1.54, 1.807) is 23.6 Å². The molecule has 28 heavy (non-hydrogen) atoms. The van der Waals surface area contributed by atoms with E-state index < -0.39 is 6.04 Å². The Morgan fingerprint density at radius 2 is 1.64 bits per heavy atom. The van der Waals surface area contributed by atoms with Gasteiger partial charge < -0.3 is 10.2 Å². The molecule has 2 amide bonds. The maximum Gasteiger partial charge on any atom is 0.242 e. The fourth-order valence-electron chi connectivity index (χ4n) is 2.69. The molecule has 0 unspecified atom stereocenters. The summed E-state index contributed by atoms with van der Waals surface area (Å²) in [6.45, 7) is 6.05. The molecule has 0 saturated heterocycles. The van der Waals surface area contributed by atoms with Crippen molar-refractivity contribution >= 4 is 39.5 Å². The van der Waals surface area contributed by atoms with Crippen LogP contribution < -0.4 is 5.32 Å². The molecule has 2 aromatic rings. The monoisotopic (exact) mass is 462 g/mol. The summed E-state index contributed by atoms with van der Waals surface area (Å²) in [6, 6.07) is 17.4. The number of halogens is 1. The number of amides is 2. The Kier molecular flexibility index (Phi) is 9.06. The summed E-state index contributed by atoms with van der Waals surface area (Å²) in [7, 11) is 0. The number of nitrogens with one attached hydrogen (secondary N) is 1. The minimum atomic E-state index is -0.525. The molecule has 0 aromatic heterocycles. The molecule has 1 atom stereocenters. The van der Waals surface area contributed by atoms with Crippen molar-refractivity contribution in [1.82, 2.24) is 10.2 Å². The normalized spacial score (nSPS) is 11.9. The molecule has 0 bridgehead atoms. The number of rotatable bonds is 9. The minimum absolute atomic E-state index is 0.0302. The largest absolute Gasteiger partial charge is 0.352 e. The molecule has 0 heterocycles. The van der Waals surface area contributed by atoms with Gasteiger partial charge in [-0.2, -0.15) is 0 Å². The molecule has 0 saturated carbocycles. The fraction of sp³-hybridized carbons (Fsp3) is 0.364. The van der Waals surface area contributed by atoms with Crippen LogP contribution in [0, 0.1) is 0 Å². The molecule has 2 aromatic carbocycles. The average molecular weight is 463 g/mol. The Labute approximate surface area is 180 Å². The first-order valence-electron chi connectivity index (χ1n) is 9.32. The smallest absolute Gasteiger partial charge is 0.242 e. The van der Waals surface area contributed by atoms with Crippen molar-refractivity contribution in [2.75, 3.05) is 5.75 Å². The van der Waals surface area contributed by atoms with Gasteiger partial charge in [-0.25, -0.2) is 0 Å². The topological polar surface area (TPSA) is 49.4 Å². The third-order valence-electron chi connectivity index (χ3n) is 4.20. The summed E-state index contributed by atoms with van der Waals surface area (Å²) >= 11 is 4.99. The Morgan fingerprint density at radius 1 is 1.00 bits per heavy atom. The highest BCUT2D eigenvalue weighted by atomic mass is 79.9. The molecule has 6 heteroatoms. The van der Waals surface area contributed by atoms with Crippen LogP contribution in [0.2, 0.25) is 0 Å². The van der Waals surface area contributed by atoms with Crippen LogP contribution in [0.5, 0.6) is 0 Å². The van der Waals surface area contributed by atoms with Gasteiger partial charge in [0, 0.05) is 22.8 Å². The highest BCUT2D eigenvalue weighted by Gasteiger charge is 2.26. The van der Waals surface area contributed by atoms with Crippen LogP contribution in [0.1, 0.15) is 31.9 Å². The number of hydrogen-bond donors (Lipinski definition) is 1. The van der Waals surface area contributed by atoms with Crippen molar-refractivity contribution in [2.45, 2.75) is 45.2 Å². The van der Waals surface area contributed by atoms with Gasteiger partial charge in [-0.15, -0.1) is 11.8 Å². The summed E-state index contributed by atoms with van der Waals surface area (Å²) in [5.74, 6) is 0.932. The molecule has 4 nitrogen and oxygen atoms in total. The van der Waals surface area contributed by atoms with Crippen LogP contribution in [-0.4, -0.2) is 34.6 Å². The first-order chi connectivity index (χ1) is 13.4. The molecule has 0 fully saturated rings. The summed E-state index contributed by atoms with van der Waals surface area (Å²) in [5, 5.41) is 2.91. The van der Waals surface area contributed by atoms with Crippen molar-refractivity contribution in [1.29, 1.82) is 0 Å². The lowest BCUT2D eigenvalue weighted by atomic mass is 10.1. The zero-order valence-electron chi connectivity index (χ0n) is 16.5. The SMILES string of the molecule is CC(C)NC(=O)[C@@H](C)N(Cc1ccccc1)C(=O)CSCc1ccc(Br)cc1. The highest BCUT2D eigenvalue weighted by Crippen LogP contribution is 2.18.